The Bertz CT molecular complexity index is 540. The van der Waals surface area contributed by atoms with E-state index in [1.165, 1.54) is 0 Å². The van der Waals surface area contributed by atoms with Gasteiger partial charge in [0, 0.05) is 19.6 Å². The molecule has 2 rings (SSSR count). The Hall–Kier alpha value is -1.03. The van der Waals surface area contributed by atoms with Gasteiger partial charge in [-0.05, 0) is 24.8 Å². The molecule has 0 aromatic heterocycles. The first-order valence-electron chi connectivity index (χ1n) is 8.64. The third-order valence-corrected chi connectivity index (χ3v) is 4.35. The van der Waals surface area contributed by atoms with E-state index in [2.05, 4.69) is 15.6 Å². The van der Waals surface area contributed by atoms with Gasteiger partial charge in [-0.2, -0.15) is 13.2 Å². The van der Waals surface area contributed by atoms with Gasteiger partial charge in [-0.1, -0.05) is 36.8 Å². The summed E-state index contributed by atoms with van der Waals surface area (Å²) in [5.74, 6) is -0.692. The molecule has 2 atom stereocenters. The van der Waals surface area contributed by atoms with E-state index in [4.69, 9.17) is 4.74 Å². The monoisotopic (exact) mass is 485 g/mol. The lowest BCUT2D eigenvalue weighted by Gasteiger charge is -2.31. The summed E-state index contributed by atoms with van der Waals surface area (Å²) in [4.78, 5) is 4.08. The summed E-state index contributed by atoms with van der Waals surface area (Å²) in [6.45, 7) is 1.57. The predicted molar refractivity (Wildman–Crippen MR) is 108 cm³/mol. The Morgan fingerprint density at radius 1 is 1.23 bits per heavy atom. The number of benzene rings is 1. The molecule has 26 heavy (non-hydrogen) atoms. The molecule has 4 nitrogen and oxygen atoms in total. The van der Waals surface area contributed by atoms with Crippen molar-refractivity contribution in [3.63, 3.8) is 0 Å². The Balaban J connectivity index is 0.00000338. The summed E-state index contributed by atoms with van der Waals surface area (Å²) in [5, 5.41) is 6.19. The van der Waals surface area contributed by atoms with Gasteiger partial charge >= 0.3 is 6.18 Å². The lowest BCUT2D eigenvalue weighted by atomic mass is 9.85. The van der Waals surface area contributed by atoms with Crippen molar-refractivity contribution in [1.29, 1.82) is 0 Å². The van der Waals surface area contributed by atoms with Crippen LogP contribution in [-0.4, -0.2) is 38.4 Å². The van der Waals surface area contributed by atoms with Crippen molar-refractivity contribution < 1.29 is 17.9 Å². The topological polar surface area (TPSA) is 45.7 Å². The van der Waals surface area contributed by atoms with Gasteiger partial charge in [0.05, 0.1) is 19.1 Å². The van der Waals surface area contributed by atoms with Crippen LogP contribution in [0.3, 0.4) is 0 Å². The molecule has 0 amide bonds. The van der Waals surface area contributed by atoms with Crippen LogP contribution in [0.2, 0.25) is 0 Å². The Kier molecular flexibility index (Phi) is 10.3. The summed E-state index contributed by atoms with van der Waals surface area (Å²) >= 11 is 0. The highest BCUT2D eigenvalue weighted by molar-refractivity contribution is 14.0. The fraction of sp³-hybridized carbons (Fsp3) is 0.611. The lowest BCUT2D eigenvalue weighted by Crippen LogP contribution is -2.47. The highest BCUT2D eigenvalue weighted by Gasteiger charge is 2.42. The number of hydrogen-bond acceptors (Lipinski definition) is 2. The van der Waals surface area contributed by atoms with Crippen molar-refractivity contribution in [3.05, 3.63) is 35.9 Å². The van der Waals surface area contributed by atoms with Gasteiger partial charge in [0.1, 0.15) is 0 Å². The van der Waals surface area contributed by atoms with Crippen LogP contribution in [-0.2, 0) is 11.3 Å². The van der Waals surface area contributed by atoms with E-state index in [0.717, 1.165) is 12.0 Å². The smallest absolute Gasteiger partial charge is 0.375 e. The molecule has 1 aromatic rings. The number of nitrogens with one attached hydrogen (secondary N) is 2. The van der Waals surface area contributed by atoms with Crippen LogP contribution in [0.25, 0.3) is 0 Å². The van der Waals surface area contributed by atoms with Crippen LogP contribution in [0.15, 0.2) is 35.3 Å². The molecular weight excluding hydrogens is 458 g/mol. The van der Waals surface area contributed by atoms with E-state index >= 15 is 0 Å². The second kappa shape index (κ2) is 11.6. The van der Waals surface area contributed by atoms with Crippen LogP contribution in [0.4, 0.5) is 13.2 Å². The number of halogens is 4. The largest absolute Gasteiger partial charge is 0.391 e. The molecule has 0 aliphatic heterocycles. The SMILES string of the molecule is CN=C(NCCOCc1ccccc1)NC1CCCC(C(F)(F)F)C1.I. The zero-order valence-electron chi connectivity index (χ0n) is 14.9. The molecule has 1 aliphatic carbocycles. The number of rotatable bonds is 6. The molecular formula is C18H27F3IN3O. The molecule has 1 fully saturated rings. The number of alkyl halides is 3. The second-order valence-electron chi connectivity index (χ2n) is 6.28. The molecule has 0 saturated heterocycles. The number of hydrogen-bond donors (Lipinski definition) is 2. The maximum atomic E-state index is 12.9. The molecule has 1 saturated carbocycles. The van der Waals surface area contributed by atoms with Crippen molar-refractivity contribution in [2.24, 2.45) is 10.9 Å². The average molecular weight is 485 g/mol. The molecule has 148 valence electrons. The normalized spacial score (nSPS) is 21.0. The number of aliphatic imine (C=N–C) groups is 1. The lowest BCUT2D eigenvalue weighted by molar-refractivity contribution is -0.183. The average Bonchev–Trinajstić information content (AvgIpc) is 2.61. The van der Waals surface area contributed by atoms with Gasteiger partial charge < -0.3 is 15.4 Å². The van der Waals surface area contributed by atoms with Gasteiger partial charge in [-0.25, -0.2) is 0 Å². The minimum atomic E-state index is -4.11. The highest BCUT2D eigenvalue weighted by atomic mass is 127. The summed E-state index contributed by atoms with van der Waals surface area (Å²) in [6, 6.07) is 9.66. The van der Waals surface area contributed by atoms with Gasteiger partial charge in [0.25, 0.3) is 0 Å². The first-order chi connectivity index (χ1) is 12.0. The van der Waals surface area contributed by atoms with Crippen LogP contribution >= 0.6 is 24.0 Å². The van der Waals surface area contributed by atoms with Crippen molar-refractivity contribution in [3.8, 4) is 0 Å². The third kappa shape index (κ3) is 8.11. The quantitative estimate of drug-likeness (QED) is 0.276. The molecule has 1 aliphatic rings. The number of nitrogens with zero attached hydrogens (tertiary/aromatic N) is 1. The van der Waals surface area contributed by atoms with Crippen molar-refractivity contribution in [2.75, 3.05) is 20.2 Å². The summed E-state index contributed by atoms with van der Waals surface area (Å²) in [6.07, 6.45) is -2.46. The van der Waals surface area contributed by atoms with Crippen molar-refractivity contribution in [2.45, 2.75) is 44.5 Å². The van der Waals surface area contributed by atoms with Crippen LogP contribution < -0.4 is 10.6 Å². The van der Waals surface area contributed by atoms with Crippen molar-refractivity contribution in [1.82, 2.24) is 10.6 Å². The van der Waals surface area contributed by atoms with Gasteiger partial charge in [0.15, 0.2) is 5.96 Å². The third-order valence-electron chi connectivity index (χ3n) is 4.35. The fourth-order valence-electron chi connectivity index (χ4n) is 3.01. The van der Waals surface area contributed by atoms with E-state index in [9.17, 15) is 13.2 Å². The standard InChI is InChI=1S/C18H26F3N3O.HI/c1-22-17(23-10-11-25-13-14-6-3-2-4-7-14)24-16-9-5-8-15(12-16)18(19,20)21;/h2-4,6-7,15-16H,5,8-13H2,1H3,(H2,22,23,24);1H. The zero-order valence-corrected chi connectivity index (χ0v) is 17.2. The Morgan fingerprint density at radius 3 is 2.62 bits per heavy atom. The summed E-state index contributed by atoms with van der Waals surface area (Å²) < 4.78 is 44.2. The Labute approximate surface area is 170 Å². The maximum absolute atomic E-state index is 12.9. The molecule has 0 heterocycles. The first kappa shape index (κ1) is 23.0. The van der Waals surface area contributed by atoms with Crippen LogP contribution in [0.1, 0.15) is 31.2 Å². The molecule has 0 bridgehead atoms. The van der Waals surface area contributed by atoms with E-state index in [0.29, 0.717) is 32.1 Å². The predicted octanol–water partition coefficient (Wildman–Crippen LogP) is 4.11. The molecule has 2 N–H and O–H groups in total. The van der Waals surface area contributed by atoms with E-state index < -0.39 is 12.1 Å². The van der Waals surface area contributed by atoms with Gasteiger partial charge in [-0.15, -0.1) is 24.0 Å². The molecule has 0 spiro atoms. The van der Waals surface area contributed by atoms with Gasteiger partial charge in [-0.3, -0.25) is 4.99 Å². The minimum absolute atomic E-state index is 0. The summed E-state index contributed by atoms with van der Waals surface area (Å²) in [5.41, 5.74) is 1.10. The molecule has 0 radical (unpaired) electrons. The molecule has 2 unspecified atom stereocenters. The Morgan fingerprint density at radius 2 is 1.96 bits per heavy atom. The van der Waals surface area contributed by atoms with Gasteiger partial charge in [0.2, 0.25) is 0 Å². The zero-order chi connectivity index (χ0) is 18.1. The maximum Gasteiger partial charge on any atom is 0.391 e. The first-order valence-corrected chi connectivity index (χ1v) is 8.64. The highest BCUT2D eigenvalue weighted by Crippen LogP contribution is 2.37. The molecule has 8 heteroatoms. The van der Waals surface area contributed by atoms with E-state index in [1.54, 1.807) is 7.05 Å². The minimum Gasteiger partial charge on any atom is -0.375 e. The van der Waals surface area contributed by atoms with E-state index in [1.807, 2.05) is 30.3 Å². The van der Waals surface area contributed by atoms with Crippen LogP contribution in [0, 0.1) is 5.92 Å². The van der Waals surface area contributed by atoms with E-state index in [-0.39, 0.29) is 42.9 Å². The molecule has 1 aromatic carbocycles. The van der Waals surface area contributed by atoms with Crippen LogP contribution in [0.5, 0.6) is 0 Å². The second-order valence-corrected chi connectivity index (χ2v) is 6.28. The fourth-order valence-corrected chi connectivity index (χ4v) is 3.01. The van der Waals surface area contributed by atoms with Crippen molar-refractivity contribution >= 4 is 29.9 Å². The number of guanidine groups is 1. The summed E-state index contributed by atoms with van der Waals surface area (Å²) in [7, 11) is 1.62. The number of ether oxygens (including phenoxy) is 1.